The van der Waals surface area contributed by atoms with Crippen molar-refractivity contribution in [2.24, 2.45) is 0 Å². The van der Waals surface area contributed by atoms with Crippen molar-refractivity contribution in [2.75, 3.05) is 4.90 Å². The molecular formula is C55H47N. The predicted octanol–water partition coefficient (Wildman–Crippen LogP) is 15.7. The third-order valence-corrected chi connectivity index (χ3v) is 11.9. The second kappa shape index (κ2) is 14.3. The minimum absolute atomic E-state index is 0.905. The van der Waals surface area contributed by atoms with Crippen molar-refractivity contribution in [2.45, 2.75) is 48.0 Å². The predicted molar refractivity (Wildman–Crippen MR) is 243 cm³/mol. The maximum Gasteiger partial charge on any atom is 0.0496 e. The fraction of sp³-hybridized carbons (Fsp3) is 0.127. The summed E-state index contributed by atoms with van der Waals surface area (Å²) in [5.74, 6) is 0. The van der Waals surface area contributed by atoms with Crippen molar-refractivity contribution in [3.63, 3.8) is 0 Å². The van der Waals surface area contributed by atoms with Gasteiger partial charge in [0, 0.05) is 17.1 Å². The van der Waals surface area contributed by atoms with Crippen LogP contribution in [0.1, 0.15) is 40.3 Å². The Morgan fingerprint density at radius 2 is 0.661 bits per heavy atom. The van der Waals surface area contributed by atoms with E-state index in [0.29, 0.717) is 0 Å². The lowest BCUT2D eigenvalue weighted by Gasteiger charge is -2.32. The van der Waals surface area contributed by atoms with E-state index in [1.165, 1.54) is 116 Å². The van der Waals surface area contributed by atoms with Gasteiger partial charge in [-0.3, -0.25) is 0 Å². The number of benzene rings is 9. The summed E-state index contributed by atoms with van der Waals surface area (Å²) in [5, 5.41) is 7.65. The van der Waals surface area contributed by atoms with E-state index in [2.05, 4.69) is 210 Å². The number of fused-ring (bicyclic) bond motifs is 3. The lowest BCUT2D eigenvalue weighted by molar-refractivity contribution is 1.10. The van der Waals surface area contributed by atoms with E-state index in [-0.39, 0.29) is 0 Å². The van der Waals surface area contributed by atoms with E-state index in [4.69, 9.17) is 0 Å². The summed E-state index contributed by atoms with van der Waals surface area (Å²) in [6, 6.07) is 60.8. The quantitative estimate of drug-likeness (QED) is 0.158. The maximum atomic E-state index is 2.56. The highest BCUT2D eigenvalue weighted by molar-refractivity contribution is 6.01. The Morgan fingerprint density at radius 1 is 0.321 bits per heavy atom. The zero-order valence-corrected chi connectivity index (χ0v) is 33.2. The highest BCUT2D eigenvalue weighted by atomic mass is 15.1. The molecule has 0 atom stereocenters. The number of nitrogens with zero attached hydrogens (tertiary/aromatic N) is 1. The van der Waals surface area contributed by atoms with Gasteiger partial charge in [-0.2, -0.15) is 0 Å². The topological polar surface area (TPSA) is 3.24 Å². The second-order valence-corrected chi connectivity index (χ2v) is 15.5. The maximum absolute atomic E-state index is 2.56. The van der Waals surface area contributed by atoms with Crippen molar-refractivity contribution < 1.29 is 0 Å². The lowest BCUT2D eigenvalue weighted by Crippen LogP contribution is -2.16. The van der Waals surface area contributed by atoms with Gasteiger partial charge in [-0.25, -0.2) is 0 Å². The molecule has 56 heavy (non-hydrogen) atoms. The summed E-state index contributed by atoms with van der Waals surface area (Å²) in [5.41, 5.74) is 18.9. The van der Waals surface area contributed by atoms with Crippen LogP contribution in [0.2, 0.25) is 0 Å². The molecule has 0 saturated heterocycles. The largest absolute Gasteiger partial charge is 0.310 e. The summed E-state index contributed by atoms with van der Waals surface area (Å²) in [6.45, 7) is 13.7. The first kappa shape index (κ1) is 35.3. The van der Waals surface area contributed by atoms with Crippen molar-refractivity contribution in [3.8, 4) is 33.4 Å². The van der Waals surface area contributed by atoms with E-state index < -0.39 is 0 Å². The van der Waals surface area contributed by atoms with Crippen LogP contribution in [-0.2, 0) is 6.42 Å². The molecule has 0 aliphatic heterocycles. The molecule has 0 aromatic heterocycles. The first-order chi connectivity index (χ1) is 27.3. The van der Waals surface area contributed by atoms with E-state index in [0.717, 1.165) is 6.42 Å². The zero-order valence-electron chi connectivity index (χ0n) is 33.2. The van der Waals surface area contributed by atoms with Gasteiger partial charge in [0.25, 0.3) is 0 Å². The van der Waals surface area contributed by atoms with Crippen molar-refractivity contribution >= 4 is 49.4 Å². The Labute approximate surface area is 331 Å². The highest BCUT2D eigenvalue weighted by Gasteiger charge is 2.24. The number of hydrogen-bond acceptors (Lipinski definition) is 1. The highest BCUT2D eigenvalue weighted by Crippen LogP contribution is 2.47. The molecule has 0 N–H and O–H groups in total. The molecule has 0 spiro atoms. The molecule has 0 aliphatic carbocycles. The molecule has 0 heterocycles. The van der Waals surface area contributed by atoms with Gasteiger partial charge < -0.3 is 4.90 Å². The second-order valence-electron chi connectivity index (χ2n) is 15.5. The van der Waals surface area contributed by atoms with Crippen LogP contribution in [0, 0.1) is 34.6 Å². The summed E-state index contributed by atoms with van der Waals surface area (Å²) >= 11 is 0. The van der Waals surface area contributed by atoms with Crippen LogP contribution >= 0.6 is 0 Å². The average molecular weight is 722 g/mol. The van der Waals surface area contributed by atoms with Gasteiger partial charge in [0.15, 0.2) is 0 Å². The monoisotopic (exact) mass is 721 g/mol. The summed E-state index contributed by atoms with van der Waals surface area (Å²) in [7, 11) is 0. The van der Waals surface area contributed by atoms with Gasteiger partial charge in [0.1, 0.15) is 0 Å². The fourth-order valence-corrected chi connectivity index (χ4v) is 8.95. The Kier molecular flexibility index (Phi) is 9.02. The summed E-state index contributed by atoms with van der Waals surface area (Å²) < 4.78 is 0. The first-order valence-electron chi connectivity index (χ1n) is 19.9. The zero-order chi connectivity index (χ0) is 38.5. The molecule has 9 rings (SSSR count). The molecule has 0 aliphatic rings. The molecule has 9 aromatic rings. The summed E-state index contributed by atoms with van der Waals surface area (Å²) in [6.07, 6.45) is 0.905. The van der Waals surface area contributed by atoms with E-state index in [1.807, 2.05) is 0 Å². The van der Waals surface area contributed by atoms with Gasteiger partial charge >= 0.3 is 0 Å². The van der Waals surface area contributed by atoms with Crippen LogP contribution in [0.4, 0.5) is 17.1 Å². The van der Waals surface area contributed by atoms with Gasteiger partial charge in [-0.05, 0) is 177 Å². The van der Waals surface area contributed by atoms with Crippen molar-refractivity contribution in [3.05, 3.63) is 197 Å². The Bertz CT molecular complexity index is 2810. The van der Waals surface area contributed by atoms with Crippen molar-refractivity contribution in [1.29, 1.82) is 0 Å². The van der Waals surface area contributed by atoms with Crippen LogP contribution in [0.5, 0.6) is 0 Å². The minimum atomic E-state index is 0.905. The summed E-state index contributed by atoms with van der Waals surface area (Å²) in [4.78, 5) is 2.56. The molecule has 0 saturated carbocycles. The van der Waals surface area contributed by atoms with E-state index >= 15 is 0 Å². The molecule has 0 amide bonds. The first-order valence-corrected chi connectivity index (χ1v) is 19.9. The molecule has 1 nitrogen and oxygen atoms in total. The molecule has 0 unspecified atom stereocenters. The lowest BCUT2D eigenvalue weighted by atomic mass is 9.90. The molecule has 0 radical (unpaired) electrons. The number of aryl methyl sites for hydroxylation is 6. The number of anilines is 3. The van der Waals surface area contributed by atoms with Gasteiger partial charge in [0.05, 0.1) is 0 Å². The minimum Gasteiger partial charge on any atom is -0.310 e. The van der Waals surface area contributed by atoms with Gasteiger partial charge in [0.2, 0.25) is 0 Å². The van der Waals surface area contributed by atoms with Crippen LogP contribution in [0.15, 0.2) is 164 Å². The molecule has 1 heteroatoms. The van der Waals surface area contributed by atoms with Gasteiger partial charge in [-0.1, -0.05) is 134 Å². The normalized spacial score (nSPS) is 11.5. The number of hydrogen-bond donors (Lipinski definition) is 0. The fourth-order valence-electron chi connectivity index (χ4n) is 8.95. The molecule has 272 valence electrons. The van der Waals surface area contributed by atoms with E-state index in [9.17, 15) is 0 Å². The Hall–Kier alpha value is -6.44. The standard InChI is InChI=1S/C55H47N/c1-7-40-34-52(49-28-16-22-43-19-10-13-25-46(43)49)37(4)33-55(40)56(53-31-35(2)50(29-38(53)5)47-26-14-20-41-17-8-11-23-44(41)47)54-32-36(3)51(30-39(54)6)48-27-15-21-42-18-9-12-24-45(42)48/h8-34H,7H2,1-6H3. The van der Waals surface area contributed by atoms with Crippen LogP contribution < -0.4 is 4.90 Å². The van der Waals surface area contributed by atoms with Crippen LogP contribution in [0.3, 0.4) is 0 Å². The Balaban J connectivity index is 1.27. The molecule has 0 fully saturated rings. The third-order valence-electron chi connectivity index (χ3n) is 11.9. The SMILES string of the molecule is CCc1cc(-c2cccc3ccccc23)c(C)cc1N(c1cc(C)c(-c2cccc3ccccc23)cc1C)c1cc(C)c(-c2cccc3ccccc23)cc1C. The van der Waals surface area contributed by atoms with Crippen molar-refractivity contribution in [1.82, 2.24) is 0 Å². The van der Waals surface area contributed by atoms with Crippen LogP contribution in [0.25, 0.3) is 65.7 Å². The van der Waals surface area contributed by atoms with Crippen LogP contribution in [-0.4, -0.2) is 0 Å². The third kappa shape index (κ3) is 6.05. The average Bonchev–Trinajstić information content (AvgIpc) is 3.22. The van der Waals surface area contributed by atoms with Gasteiger partial charge in [-0.15, -0.1) is 0 Å². The number of rotatable bonds is 7. The van der Waals surface area contributed by atoms with E-state index in [1.54, 1.807) is 0 Å². The smallest absolute Gasteiger partial charge is 0.0496 e. The Morgan fingerprint density at radius 3 is 1.05 bits per heavy atom. The molecular weight excluding hydrogens is 675 g/mol. The molecule has 0 bridgehead atoms. The molecule has 9 aromatic carbocycles.